The third-order valence-corrected chi connectivity index (χ3v) is 8.61. The van der Waals surface area contributed by atoms with Crippen molar-refractivity contribution in [3.05, 3.63) is 60.0 Å². The molecule has 4 rings (SSSR count). The fraction of sp³-hybridized carbons (Fsp3) is 0.593. The smallest absolute Gasteiger partial charge is 0.312 e. The van der Waals surface area contributed by atoms with Crippen LogP contribution in [0.4, 0.5) is 4.39 Å². The van der Waals surface area contributed by atoms with Crippen molar-refractivity contribution in [2.24, 2.45) is 28.1 Å². The first-order chi connectivity index (χ1) is 14.2. The molecule has 0 N–H and O–H groups in total. The molecule has 0 spiro atoms. The number of halogens is 1. The van der Waals surface area contributed by atoms with Gasteiger partial charge in [0.1, 0.15) is 12.4 Å². The zero-order valence-corrected chi connectivity index (χ0v) is 18.7. The maximum atomic E-state index is 14.0. The second kappa shape index (κ2) is 7.66. The van der Waals surface area contributed by atoms with Crippen LogP contribution in [-0.4, -0.2) is 5.97 Å². The Morgan fingerprint density at radius 3 is 2.73 bits per heavy atom. The van der Waals surface area contributed by atoms with Gasteiger partial charge in [0.25, 0.3) is 0 Å². The van der Waals surface area contributed by atoms with Gasteiger partial charge in [-0.2, -0.15) is 0 Å². The number of carbonyl (C=O) groups excluding carboxylic acids is 1. The second-order valence-corrected chi connectivity index (χ2v) is 10.6. The Hall–Kier alpha value is -1.90. The van der Waals surface area contributed by atoms with E-state index in [0.29, 0.717) is 11.5 Å². The largest absolute Gasteiger partial charge is 0.460 e. The van der Waals surface area contributed by atoms with Crippen molar-refractivity contribution in [3.8, 4) is 0 Å². The Morgan fingerprint density at radius 2 is 2.00 bits per heavy atom. The highest BCUT2D eigenvalue weighted by Crippen LogP contribution is 2.64. The highest BCUT2D eigenvalue weighted by atomic mass is 19.1. The van der Waals surface area contributed by atoms with E-state index in [1.165, 1.54) is 12.5 Å². The zero-order valence-electron chi connectivity index (χ0n) is 18.7. The van der Waals surface area contributed by atoms with Crippen LogP contribution in [0.15, 0.2) is 48.6 Å². The Bertz CT molecular complexity index is 873. The molecule has 1 aromatic rings. The summed E-state index contributed by atoms with van der Waals surface area (Å²) >= 11 is 0. The van der Waals surface area contributed by atoms with Crippen molar-refractivity contribution in [1.82, 2.24) is 0 Å². The predicted octanol–water partition coefficient (Wildman–Crippen LogP) is 7.00. The number of allylic oxidation sites excluding steroid dienone is 3. The predicted molar refractivity (Wildman–Crippen MR) is 118 cm³/mol. The van der Waals surface area contributed by atoms with Crippen LogP contribution in [-0.2, 0) is 16.1 Å². The van der Waals surface area contributed by atoms with E-state index in [4.69, 9.17) is 4.74 Å². The molecule has 3 aliphatic carbocycles. The zero-order chi connectivity index (χ0) is 21.6. The minimum absolute atomic E-state index is 0.00748. The summed E-state index contributed by atoms with van der Waals surface area (Å²) in [5, 5.41) is 0. The fourth-order valence-electron chi connectivity index (χ4n) is 6.78. The molecule has 5 atom stereocenters. The molecule has 0 aliphatic heterocycles. The van der Waals surface area contributed by atoms with Crippen molar-refractivity contribution in [3.63, 3.8) is 0 Å². The number of ether oxygens (including phenoxy) is 1. The highest BCUT2D eigenvalue weighted by Gasteiger charge is 2.58. The summed E-state index contributed by atoms with van der Waals surface area (Å²) in [5.41, 5.74) is 1.74. The van der Waals surface area contributed by atoms with E-state index in [-0.39, 0.29) is 35.1 Å². The van der Waals surface area contributed by atoms with Crippen LogP contribution in [0, 0.1) is 33.9 Å². The maximum absolute atomic E-state index is 14.0. The van der Waals surface area contributed by atoms with E-state index < -0.39 is 5.41 Å². The fourth-order valence-corrected chi connectivity index (χ4v) is 6.78. The highest BCUT2D eigenvalue weighted by molar-refractivity contribution is 5.77. The third-order valence-electron chi connectivity index (χ3n) is 8.61. The number of rotatable bonds is 4. The number of hydrogen-bond acceptors (Lipinski definition) is 2. The van der Waals surface area contributed by atoms with E-state index in [0.717, 1.165) is 38.5 Å². The quantitative estimate of drug-likeness (QED) is 0.394. The summed E-state index contributed by atoms with van der Waals surface area (Å²) in [6.45, 7) is 10.9. The Kier molecular flexibility index (Phi) is 5.45. The average molecular weight is 411 g/mol. The summed E-state index contributed by atoms with van der Waals surface area (Å²) in [6.07, 6.45) is 12.0. The molecule has 0 aromatic heterocycles. The number of benzene rings is 1. The first-order valence-electron chi connectivity index (χ1n) is 11.5. The lowest BCUT2D eigenvalue weighted by Gasteiger charge is -2.58. The summed E-state index contributed by atoms with van der Waals surface area (Å²) in [6, 6.07) is 6.53. The molecule has 2 saturated carbocycles. The first kappa shape index (κ1) is 21.3. The molecule has 0 unspecified atom stereocenters. The molecule has 0 saturated heterocycles. The van der Waals surface area contributed by atoms with Gasteiger partial charge in [-0.25, -0.2) is 4.39 Å². The molecule has 2 nitrogen and oxygen atoms in total. The van der Waals surface area contributed by atoms with Crippen LogP contribution in [0.25, 0.3) is 0 Å². The molecule has 162 valence electrons. The number of hydrogen-bond donors (Lipinski definition) is 0. The third kappa shape index (κ3) is 3.44. The summed E-state index contributed by atoms with van der Waals surface area (Å²) in [7, 11) is 0. The van der Waals surface area contributed by atoms with Gasteiger partial charge in [0, 0.05) is 5.56 Å². The molecule has 2 fully saturated rings. The molecule has 0 heterocycles. The van der Waals surface area contributed by atoms with Gasteiger partial charge in [-0.3, -0.25) is 4.79 Å². The lowest BCUT2D eigenvalue weighted by molar-refractivity contribution is -0.169. The van der Waals surface area contributed by atoms with E-state index in [1.54, 1.807) is 23.8 Å². The van der Waals surface area contributed by atoms with Gasteiger partial charge in [0.15, 0.2) is 0 Å². The van der Waals surface area contributed by atoms with E-state index in [1.807, 2.05) is 0 Å². The summed E-state index contributed by atoms with van der Waals surface area (Å²) in [4.78, 5) is 13.3. The molecule has 0 radical (unpaired) electrons. The molecular weight excluding hydrogens is 375 g/mol. The van der Waals surface area contributed by atoms with E-state index >= 15 is 0 Å². The summed E-state index contributed by atoms with van der Waals surface area (Å²) < 4.78 is 19.7. The first-order valence-corrected chi connectivity index (χ1v) is 11.5. The Morgan fingerprint density at radius 1 is 1.23 bits per heavy atom. The molecule has 30 heavy (non-hydrogen) atoms. The van der Waals surface area contributed by atoms with Gasteiger partial charge in [-0.1, -0.05) is 56.2 Å². The average Bonchev–Trinajstić information content (AvgIpc) is 2.72. The van der Waals surface area contributed by atoms with Crippen molar-refractivity contribution in [2.45, 2.75) is 72.3 Å². The minimum Gasteiger partial charge on any atom is -0.460 e. The van der Waals surface area contributed by atoms with Crippen LogP contribution in [0.1, 0.15) is 71.3 Å². The van der Waals surface area contributed by atoms with Crippen molar-refractivity contribution < 1.29 is 13.9 Å². The van der Waals surface area contributed by atoms with E-state index in [9.17, 15) is 9.18 Å². The lowest BCUT2D eigenvalue weighted by Crippen LogP contribution is -2.53. The van der Waals surface area contributed by atoms with Gasteiger partial charge < -0.3 is 4.74 Å². The molecular formula is C27H35FO2. The molecule has 0 amide bonds. The van der Waals surface area contributed by atoms with Gasteiger partial charge in [-0.05, 0) is 74.2 Å². The SMILES string of the molecule is C=C[C@@]1(C)CC=C2[C@@H](CC[C@@H]3[C@](C)(C(=O)OCc4ccccc4F)CCC[C@@]23C)C1. The topological polar surface area (TPSA) is 26.3 Å². The van der Waals surface area contributed by atoms with E-state index in [2.05, 4.69) is 39.5 Å². The van der Waals surface area contributed by atoms with Crippen LogP contribution >= 0.6 is 0 Å². The number of fused-ring (bicyclic) bond motifs is 3. The van der Waals surface area contributed by atoms with Crippen molar-refractivity contribution >= 4 is 5.97 Å². The standard InChI is InChI=1S/C27H35FO2/c1-5-25(2)16-13-21-19(17-25)11-12-23-26(21,3)14-8-15-27(23,4)24(29)30-18-20-9-6-7-10-22(20)28/h5-7,9-10,13,19,23H,1,8,11-12,14-18H2,2-4H3/t19-,23-,25-,26-,27+/m0/s1. The monoisotopic (exact) mass is 410 g/mol. The second-order valence-electron chi connectivity index (χ2n) is 10.6. The lowest BCUT2D eigenvalue weighted by atomic mass is 9.46. The molecule has 3 heteroatoms. The van der Waals surface area contributed by atoms with Gasteiger partial charge >= 0.3 is 5.97 Å². The van der Waals surface area contributed by atoms with Crippen LogP contribution in [0.5, 0.6) is 0 Å². The molecule has 3 aliphatic rings. The van der Waals surface area contributed by atoms with Crippen LogP contribution in [0.2, 0.25) is 0 Å². The molecule has 0 bridgehead atoms. The number of esters is 1. The Labute approximate surface area is 180 Å². The maximum Gasteiger partial charge on any atom is 0.312 e. The number of carbonyl (C=O) groups is 1. The normalized spacial score (nSPS) is 38.1. The summed E-state index contributed by atoms with van der Waals surface area (Å²) in [5.74, 6) is 0.400. The van der Waals surface area contributed by atoms with Crippen molar-refractivity contribution in [1.29, 1.82) is 0 Å². The van der Waals surface area contributed by atoms with Gasteiger partial charge in [-0.15, -0.1) is 6.58 Å². The van der Waals surface area contributed by atoms with Gasteiger partial charge in [0.2, 0.25) is 0 Å². The van der Waals surface area contributed by atoms with Crippen molar-refractivity contribution in [2.75, 3.05) is 0 Å². The van der Waals surface area contributed by atoms with Crippen LogP contribution in [0.3, 0.4) is 0 Å². The van der Waals surface area contributed by atoms with Gasteiger partial charge in [0.05, 0.1) is 5.41 Å². The van der Waals surface area contributed by atoms with Crippen LogP contribution < -0.4 is 0 Å². The molecule has 1 aromatic carbocycles. The minimum atomic E-state index is -0.511. The Balaban J connectivity index is 1.56.